The van der Waals surface area contributed by atoms with Gasteiger partial charge in [-0.2, -0.15) is 0 Å². The predicted octanol–water partition coefficient (Wildman–Crippen LogP) is 5.59. The lowest BCUT2D eigenvalue weighted by atomic mass is 9.84. The number of pyridine rings is 1. The lowest BCUT2D eigenvalue weighted by Gasteiger charge is -2.35. The van der Waals surface area contributed by atoms with Gasteiger partial charge in [-0.3, -0.25) is 19.5 Å². The fraction of sp³-hybridized carbons (Fsp3) is 0.587. The Balaban J connectivity index is 0.893. The summed E-state index contributed by atoms with van der Waals surface area (Å²) in [6.07, 6.45) is 7.87. The Morgan fingerprint density at radius 2 is 1.62 bits per heavy atom. The predicted molar refractivity (Wildman–Crippen MR) is 224 cm³/mol. The Morgan fingerprint density at radius 1 is 0.897 bits per heavy atom. The quantitative estimate of drug-likeness (QED) is 0.0816. The van der Waals surface area contributed by atoms with Gasteiger partial charge in [0.25, 0.3) is 0 Å². The maximum absolute atomic E-state index is 12.8. The number of nitrogens with zero attached hydrogens (tertiary/aromatic N) is 3. The van der Waals surface area contributed by atoms with E-state index in [9.17, 15) is 30.0 Å². The molecule has 5 atom stereocenters. The molecule has 11 nitrogen and oxygen atoms in total. The first-order chi connectivity index (χ1) is 28.0. The van der Waals surface area contributed by atoms with Crippen LogP contribution in [0, 0.1) is 0 Å². The molecule has 2 saturated carbocycles. The number of aryl methyl sites for hydroxylation is 1. The largest absolute Gasteiger partial charge is 0.490 e. The zero-order valence-electron chi connectivity index (χ0n) is 33.9. The van der Waals surface area contributed by atoms with Crippen LogP contribution in [0.3, 0.4) is 0 Å². The van der Waals surface area contributed by atoms with Gasteiger partial charge in [-0.15, -0.1) is 0 Å². The maximum atomic E-state index is 12.8. The Kier molecular flexibility index (Phi) is 15.8. The van der Waals surface area contributed by atoms with Crippen molar-refractivity contribution in [1.29, 1.82) is 0 Å². The first-order valence-corrected chi connectivity index (χ1v) is 21.7. The summed E-state index contributed by atoms with van der Waals surface area (Å²) in [5, 5.41) is 49.1. The number of ether oxygens (including phenoxy) is 1. The number of piperazine rings is 1. The van der Waals surface area contributed by atoms with Gasteiger partial charge in [0, 0.05) is 68.4 Å². The second kappa shape index (κ2) is 20.7. The molecule has 0 bridgehead atoms. The maximum Gasteiger partial charge on any atom is 0.222 e. The van der Waals surface area contributed by atoms with Crippen molar-refractivity contribution in [3.05, 3.63) is 82.6 Å². The average Bonchev–Trinajstić information content (AvgIpc) is 4.20. The molecule has 2 aromatic carbocycles. The molecule has 1 amide bonds. The van der Waals surface area contributed by atoms with E-state index in [1.807, 2.05) is 18.3 Å². The van der Waals surface area contributed by atoms with Crippen LogP contribution in [-0.4, -0.2) is 122 Å². The summed E-state index contributed by atoms with van der Waals surface area (Å²) < 4.78 is 6.30. The molecule has 316 valence electrons. The number of benzene rings is 2. The first-order valence-electron chi connectivity index (χ1n) is 21.3. The van der Waals surface area contributed by atoms with Gasteiger partial charge in [-0.05, 0) is 123 Å². The summed E-state index contributed by atoms with van der Waals surface area (Å²) in [4.78, 5) is 34.0. The molecular weight excluding hydrogens is 758 g/mol. The SMILES string of the molecule is CC(CCCC(=O)CCCN1CCN(C(=O)CC[C@H](O)[C@@H](O)[C@H](O)[C@H](O)CO)CC1)c1ccc(Cl)c(CCC2(c3cnccc3-c3ccccc3OC3CC3)CC2)c1. The van der Waals surface area contributed by atoms with Crippen LogP contribution in [0.4, 0.5) is 0 Å². The molecule has 3 fully saturated rings. The number of hydrogen-bond acceptors (Lipinski definition) is 10. The summed E-state index contributed by atoms with van der Waals surface area (Å²) in [5.74, 6) is 1.39. The molecule has 3 aliphatic rings. The Labute approximate surface area is 348 Å². The molecule has 3 aromatic rings. The molecule has 2 aliphatic carbocycles. The Morgan fingerprint density at radius 3 is 2.34 bits per heavy atom. The summed E-state index contributed by atoms with van der Waals surface area (Å²) >= 11 is 6.79. The van der Waals surface area contributed by atoms with Gasteiger partial charge < -0.3 is 35.2 Å². The number of halogens is 1. The second-order valence-electron chi connectivity index (χ2n) is 16.9. The minimum atomic E-state index is -1.70. The van der Waals surface area contributed by atoms with Crippen molar-refractivity contribution in [2.75, 3.05) is 39.3 Å². The fourth-order valence-electron chi connectivity index (χ4n) is 8.26. The number of para-hydroxylation sites is 1. The molecule has 12 heteroatoms. The number of hydrogen-bond donors (Lipinski definition) is 5. The lowest BCUT2D eigenvalue weighted by Crippen LogP contribution is -2.49. The van der Waals surface area contributed by atoms with Gasteiger partial charge in [0.2, 0.25) is 5.91 Å². The number of ketones is 1. The monoisotopic (exact) mass is 819 g/mol. The third kappa shape index (κ3) is 11.9. The highest BCUT2D eigenvalue weighted by atomic mass is 35.5. The van der Waals surface area contributed by atoms with Crippen LogP contribution in [0.15, 0.2) is 60.9 Å². The van der Waals surface area contributed by atoms with E-state index in [1.165, 1.54) is 22.3 Å². The van der Waals surface area contributed by atoms with Gasteiger partial charge in [-0.25, -0.2) is 0 Å². The van der Waals surface area contributed by atoms with E-state index in [1.54, 1.807) is 4.90 Å². The minimum Gasteiger partial charge on any atom is -0.490 e. The standard InChI is InChI=1S/C46H62ClN3O8/c1-31(6-4-7-34(52)8-5-23-49-24-26-50(27-25-49)43(55)16-15-40(53)44(56)45(57)41(54)30-51)32-11-14-39(47)33(28-32)17-19-46(20-21-46)38-29-48-22-18-36(38)37-9-2-3-10-42(37)58-35-12-13-35/h2-3,9-11,14,18,22,28-29,31,35,40-41,44-45,51,53-54,56-57H,4-8,12-13,15-17,19-21,23-27,30H2,1H3/t31?,40-,41+,44+,45+/m0/s1. The Bertz CT molecular complexity index is 1810. The molecule has 1 saturated heterocycles. The highest BCUT2D eigenvalue weighted by molar-refractivity contribution is 6.31. The smallest absolute Gasteiger partial charge is 0.222 e. The van der Waals surface area contributed by atoms with Crippen LogP contribution in [-0.2, 0) is 21.4 Å². The number of aromatic nitrogens is 1. The van der Waals surface area contributed by atoms with E-state index in [-0.39, 0.29) is 29.9 Å². The minimum absolute atomic E-state index is 0.00613. The van der Waals surface area contributed by atoms with Crippen molar-refractivity contribution in [3.8, 4) is 16.9 Å². The van der Waals surface area contributed by atoms with Crippen LogP contribution in [0.5, 0.6) is 5.75 Å². The fourth-order valence-corrected chi connectivity index (χ4v) is 8.47. The zero-order valence-corrected chi connectivity index (χ0v) is 34.6. The lowest BCUT2D eigenvalue weighted by molar-refractivity contribution is -0.136. The summed E-state index contributed by atoms with van der Waals surface area (Å²) in [6, 6.07) is 16.9. The number of aliphatic hydroxyl groups is 5. The van der Waals surface area contributed by atoms with Crippen LogP contribution in [0.1, 0.15) is 107 Å². The number of rotatable bonds is 23. The molecule has 1 aliphatic heterocycles. The summed E-state index contributed by atoms with van der Waals surface area (Å²) in [7, 11) is 0. The van der Waals surface area contributed by atoms with E-state index in [2.05, 4.69) is 59.4 Å². The molecule has 2 heterocycles. The highest BCUT2D eigenvalue weighted by Gasteiger charge is 2.45. The zero-order chi connectivity index (χ0) is 41.2. The van der Waals surface area contributed by atoms with Crippen molar-refractivity contribution >= 4 is 23.3 Å². The third-order valence-electron chi connectivity index (χ3n) is 12.5. The van der Waals surface area contributed by atoms with Gasteiger partial charge in [-0.1, -0.05) is 48.9 Å². The molecular formula is C46H62ClN3O8. The van der Waals surface area contributed by atoms with E-state index in [0.717, 1.165) is 80.7 Å². The van der Waals surface area contributed by atoms with Crippen LogP contribution in [0.25, 0.3) is 11.1 Å². The van der Waals surface area contributed by atoms with Gasteiger partial charge >= 0.3 is 0 Å². The van der Waals surface area contributed by atoms with Crippen LogP contribution in [0.2, 0.25) is 5.02 Å². The molecule has 1 aromatic heterocycles. The number of amides is 1. The van der Waals surface area contributed by atoms with E-state index < -0.39 is 31.0 Å². The van der Waals surface area contributed by atoms with Gasteiger partial charge in [0.05, 0.1) is 18.8 Å². The number of carbonyl (C=O) groups is 2. The molecule has 0 radical (unpaired) electrons. The molecule has 0 spiro atoms. The van der Waals surface area contributed by atoms with E-state index in [0.29, 0.717) is 51.0 Å². The van der Waals surface area contributed by atoms with Crippen molar-refractivity contribution in [1.82, 2.24) is 14.8 Å². The van der Waals surface area contributed by atoms with Crippen LogP contribution < -0.4 is 4.74 Å². The molecule has 58 heavy (non-hydrogen) atoms. The van der Waals surface area contributed by atoms with Crippen molar-refractivity contribution < 1.29 is 39.9 Å². The average molecular weight is 820 g/mol. The molecule has 1 unspecified atom stereocenters. The van der Waals surface area contributed by atoms with Gasteiger partial charge in [0.15, 0.2) is 0 Å². The van der Waals surface area contributed by atoms with Crippen molar-refractivity contribution in [2.24, 2.45) is 0 Å². The van der Waals surface area contributed by atoms with Crippen molar-refractivity contribution in [3.63, 3.8) is 0 Å². The van der Waals surface area contributed by atoms with E-state index >= 15 is 0 Å². The summed E-state index contributed by atoms with van der Waals surface area (Å²) in [6.45, 7) is 4.75. The third-order valence-corrected chi connectivity index (χ3v) is 12.8. The normalized spacial score (nSPS) is 19.3. The van der Waals surface area contributed by atoms with E-state index in [4.69, 9.17) is 21.4 Å². The number of aliphatic hydroxyl groups excluding tert-OH is 5. The second-order valence-corrected chi connectivity index (χ2v) is 17.3. The van der Waals surface area contributed by atoms with Crippen LogP contribution >= 0.6 is 11.6 Å². The topological polar surface area (TPSA) is 164 Å². The highest BCUT2D eigenvalue weighted by Crippen LogP contribution is 2.55. The summed E-state index contributed by atoms with van der Waals surface area (Å²) in [5.41, 5.74) is 6.16. The number of Topliss-reactive ketones (excluding diaryl/α,β-unsaturated/α-hetero) is 1. The first kappa shape index (κ1) is 44.1. The Hall–Kier alpha value is -3.42. The molecule has 5 N–H and O–H groups in total. The molecule has 6 rings (SSSR count). The number of carbonyl (C=O) groups excluding carboxylic acids is 2. The van der Waals surface area contributed by atoms with Crippen molar-refractivity contribution in [2.45, 2.75) is 132 Å². The van der Waals surface area contributed by atoms with Gasteiger partial charge in [0.1, 0.15) is 29.8 Å².